The van der Waals surface area contributed by atoms with Gasteiger partial charge in [0, 0.05) is 16.0 Å². The van der Waals surface area contributed by atoms with Gasteiger partial charge in [0.2, 0.25) is 0 Å². The number of urea groups is 1. The Kier molecular flexibility index (Phi) is 5.42. The highest BCUT2D eigenvalue weighted by molar-refractivity contribution is 9.10. The Morgan fingerprint density at radius 3 is 2.50 bits per heavy atom. The zero-order chi connectivity index (χ0) is 15.5. The number of benzene rings is 1. The van der Waals surface area contributed by atoms with Crippen LogP contribution in [0.25, 0.3) is 0 Å². The molecule has 2 amide bonds. The van der Waals surface area contributed by atoms with Crippen molar-refractivity contribution >= 4 is 45.2 Å². The number of likely N-dealkylation sites (N-methyl/N-ethyl adjacent to an activating group) is 1. The number of amides is 2. The van der Waals surface area contributed by atoms with E-state index in [1.54, 1.807) is 25.1 Å². The number of nitrogens with one attached hydrogen (secondary N) is 1. The first-order valence-corrected chi connectivity index (χ1v) is 7.14. The van der Waals surface area contributed by atoms with E-state index < -0.39 is 17.5 Å². The largest absolute Gasteiger partial charge is 0.480 e. The molecular weight excluding hydrogens is 348 g/mol. The monoisotopic (exact) mass is 362 g/mol. The molecule has 0 atom stereocenters. The van der Waals surface area contributed by atoms with Crippen LogP contribution in [0.15, 0.2) is 22.7 Å². The molecule has 0 aromatic heterocycles. The molecule has 0 saturated heterocycles. The van der Waals surface area contributed by atoms with Crippen molar-refractivity contribution in [2.75, 3.05) is 11.9 Å². The van der Waals surface area contributed by atoms with Crippen LogP contribution in [-0.2, 0) is 4.79 Å². The predicted molar refractivity (Wildman–Crippen MR) is 82.3 cm³/mol. The number of rotatable bonds is 4. The molecule has 1 aromatic carbocycles. The minimum atomic E-state index is -1.29. The third kappa shape index (κ3) is 3.64. The van der Waals surface area contributed by atoms with Crippen molar-refractivity contribution in [3.8, 4) is 0 Å². The standard InChI is InChI=1S/C13H16BrClN2O3/c1-4-17(13(2,3)11(18)19)12(20)16-10-6-5-8(15)7-9(10)14/h5-7H,4H2,1-3H3,(H,16,20)(H,18,19). The van der Waals surface area contributed by atoms with Gasteiger partial charge in [0.15, 0.2) is 0 Å². The third-order valence-electron chi connectivity index (χ3n) is 2.93. The molecule has 0 heterocycles. The number of carbonyl (C=O) groups excluding carboxylic acids is 1. The average Bonchev–Trinajstić information content (AvgIpc) is 2.33. The fourth-order valence-corrected chi connectivity index (χ4v) is 2.46. The summed E-state index contributed by atoms with van der Waals surface area (Å²) in [7, 11) is 0. The van der Waals surface area contributed by atoms with E-state index in [-0.39, 0.29) is 6.54 Å². The molecule has 0 radical (unpaired) electrons. The Hall–Kier alpha value is -1.27. The van der Waals surface area contributed by atoms with Gasteiger partial charge in [-0.2, -0.15) is 0 Å². The van der Waals surface area contributed by atoms with E-state index in [4.69, 9.17) is 11.6 Å². The zero-order valence-electron chi connectivity index (χ0n) is 11.4. The van der Waals surface area contributed by atoms with Crippen LogP contribution in [0.4, 0.5) is 10.5 Å². The molecule has 110 valence electrons. The predicted octanol–water partition coefficient (Wildman–Crippen LogP) is 3.82. The zero-order valence-corrected chi connectivity index (χ0v) is 13.7. The summed E-state index contributed by atoms with van der Waals surface area (Å²) in [5, 5.41) is 12.4. The molecule has 1 rings (SSSR count). The number of hydrogen-bond donors (Lipinski definition) is 2. The van der Waals surface area contributed by atoms with E-state index in [1.807, 2.05) is 0 Å². The average molecular weight is 364 g/mol. The van der Waals surface area contributed by atoms with Gasteiger partial charge in [-0.05, 0) is 54.9 Å². The molecular formula is C13H16BrClN2O3. The Bertz CT molecular complexity index is 534. The van der Waals surface area contributed by atoms with Crippen molar-refractivity contribution in [2.24, 2.45) is 0 Å². The first-order valence-electron chi connectivity index (χ1n) is 5.97. The Labute approximate surface area is 131 Å². The lowest BCUT2D eigenvalue weighted by Crippen LogP contribution is -2.54. The first-order chi connectivity index (χ1) is 9.20. The van der Waals surface area contributed by atoms with Gasteiger partial charge in [-0.1, -0.05) is 11.6 Å². The molecule has 0 aliphatic carbocycles. The summed E-state index contributed by atoms with van der Waals surface area (Å²) in [6.07, 6.45) is 0. The molecule has 0 aliphatic heterocycles. The van der Waals surface area contributed by atoms with Gasteiger partial charge in [0.1, 0.15) is 5.54 Å². The number of carboxylic acid groups (broad SMARTS) is 1. The van der Waals surface area contributed by atoms with Crippen LogP contribution < -0.4 is 5.32 Å². The normalized spacial score (nSPS) is 11.1. The number of hydrogen-bond acceptors (Lipinski definition) is 2. The van der Waals surface area contributed by atoms with Crippen molar-refractivity contribution < 1.29 is 14.7 Å². The van der Waals surface area contributed by atoms with Gasteiger partial charge in [-0.15, -0.1) is 0 Å². The molecule has 7 heteroatoms. The summed E-state index contributed by atoms with van der Waals surface area (Å²) in [6.45, 7) is 4.96. The topological polar surface area (TPSA) is 69.6 Å². The number of halogens is 2. The number of anilines is 1. The maximum Gasteiger partial charge on any atom is 0.329 e. The molecule has 0 unspecified atom stereocenters. The van der Waals surface area contributed by atoms with Gasteiger partial charge < -0.3 is 15.3 Å². The van der Waals surface area contributed by atoms with E-state index in [1.165, 1.54) is 18.7 Å². The fraction of sp³-hybridized carbons (Fsp3) is 0.385. The molecule has 0 fully saturated rings. The maximum atomic E-state index is 12.2. The number of carbonyl (C=O) groups is 2. The van der Waals surface area contributed by atoms with Crippen LogP contribution in [0.3, 0.4) is 0 Å². The van der Waals surface area contributed by atoms with Crippen LogP contribution in [0.1, 0.15) is 20.8 Å². The van der Waals surface area contributed by atoms with Gasteiger partial charge in [0.25, 0.3) is 0 Å². The van der Waals surface area contributed by atoms with E-state index in [0.29, 0.717) is 15.2 Å². The van der Waals surface area contributed by atoms with Gasteiger partial charge in [0.05, 0.1) is 5.69 Å². The van der Waals surface area contributed by atoms with Crippen molar-refractivity contribution in [3.05, 3.63) is 27.7 Å². The molecule has 2 N–H and O–H groups in total. The molecule has 0 saturated carbocycles. The van der Waals surface area contributed by atoms with Crippen LogP contribution in [-0.4, -0.2) is 34.1 Å². The maximum absolute atomic E-state index is 12.2. The molecule has 20 heavy (non-hydrogen) atoms. The van der Waals surface area contributed by atoms with Gasteiger partial charge >= 0.3 is 12.0 Å². The number of aliphatic carboxylic acids is 1. The summed E-state index contributed by atoms with van der Waals surface area (Å²) in [5.41, 5.74) is -0.767. The van der Waals surface area contributed by atoms with Crippen LogP contribution >= 0.6 is 27.5 Å². The summed E-state index contributed by atoms with van der Waals surface area (Å²) in [6, 6.07) is 4.45. The number of carboxylic acids is 1. The van der Waals surface area contributed by atoms with Gasteiger partial charge in [-0.25, -0.2) is 9.59 Å². The summed E-state index contributed by atoms with van der Waals surface area (Å²) in [4.78, 5) is 24.7. The van der Waals surface area contributed by atoms with Crippen LogP contribution in [0.5, 0.6) is 0 Å². The van der Waals surface area contributed by atoms with E-state index in [9.17, 15) is 14.7 Å². The van der Waals surface area contributed by atoms with Crippen LogP contribution in [0, 0.1) is 0 Å². The number of nitrogens with zero attached hydrogens (tertiary/aromatic N) is 1. The van der Waals surface area contributed by atoms with Crippen molar-refractivity contribution in [1.82, 2.24) is 4.90 Å². The third-order valence-corrected chi connectivity index (χ3v) is 3.82. The lowest BCUT2D eigenvalue weighted by Gasteiger charge is -2.34. The minimum absolute atomic E-state index is 0.274. The minimum Gasteiger partial charge on any atom is -0.480 e. The van der Waals surface area contributed by atoms with Crippen molar-refractivity contribution in [3.63, 3.8) is 0 Å². The lowest BCUT2D eigenvalue weighted by atomic mass is 10.0. The second kappa shape index (κ2) is 6.45. The highest BCUT2D eigenvalue weighted by Crippen LogP contribution is 2.27. The summed E-state index contributed by atoms with van der Waals surface area (Å²) in [5.74, 6) is -1.07. The quantitative estimate of drug-likeness (QED) is 0.854. The lowest BCUT2D eigenvalue weighted by molar-refractivity contribution is -0.147. The van der Waals surface area contributed by atoms with E-state index >= 15 is 0 Å². The van der Waals surface area contributed by atoms with Gasteiger partial charge in [-0.3, -0.25) is 0 Å². The molecule has 1 aromatic rings. The molecule has 0 aliphatic rings. The van der Waals surface area contributed by atoms with Crippen molar-refractivity contribution in [2.45, 2.75) is 26.3 Å². The fourth-order valence-electron chi connectivity index (χ4n) is 1.68. The molecule has 0 bridgehead atoms. The highest BCUT2D eigenvalue weighted by atomic mass is 79.9. The van der Waals surface area contributed by atoms with E-state index in [2.05, 4.69) is 21.2 Å². The summed E-state index contributed by atoms with van der Waals surface area (Å²) < 4.78 is 0.627. The Morgan fingerprint density at radius 1 is 1.45 bits per heavy atom. The second-order valence-corrected chi connectivity index (χ2v) is 5.95. The first kappa shape index (κ1) is 16.8. The molecule has 0 spiro atoms. The van der Waals surface area contributed by atoms with Crippen molar-refractivity contribution in [1.29, 1.82) is 0 Å². The Morgan fingerprint density at radius 2 is 2.05 bits per heavy atom. The summed E-state index contributed by atoms with van der Waals surface area (Å²) >= 11 is 9.12. The second-order valence-electron chi connectivity index (χ2n) is 4.66. The SMILES string of the molecule is CCN(C(=O)Nc1ccc(Cl)cc1Br)C(C)(C)C(=O)O. The van der Waals surface area contributed by atoms with Crippen LogP contribution in [0.2, 0.25) is 5.02 Å². The smallest absolute Gasteiger partial charge is 0.329 e. The Balaban J connectivity index is 2.96. The molecule has 5 nitrogen and oxygen atoms in total. The highest BCUT2D eigenvalue weighted by Gasteiger charge is 2.37. The van der Waals surface area contributed by atoms with E-state index in [0.717, 1.165) is 0 Å².